The van der Waals surface area contributed by atoms with Crippen molar-refractivity contribution in [2.45, 2.75) is 32.2 Å². The molecule has 0 spiro atoms. The maximum absolute atomic E-state index is 13.4. The first kappa shape index (κ1) is 14.3. The van der Waals surface area contributed by atoms with Gasteiger partial charge in [-0.05, 0) is 41.5 Å². The van der Waals surface area contributed by atoms with Crippen molar-refractivity contribution in [1.29, 1.82) is 0 Å². The van der Waals surface area contributed by atoms with Gasteiger partial charge >= 0.3 is 0 Å². The first-order valence-electron chi connectivity index (χ1n) is 5.33. The van der Waals surface area contributed by atoms with Gasteiger partial charge in [0.15, 0.2) is 0 Å². The minimum atomic E-state index is -0.490. The van der Waals surface area contributed by atoms with E-state index in [4.69, 9.17) is 5.73 Å². The zero-order valence-electron chi connectivity index (χ0n) is 9.45. The van der Waals surface area contributed by atoms with E-state index in [1.54, 1.807) is 22.6 Å². The average Bonchev–Trinajstić information content (AvgIpc) is 2.23. The Labute approximate surface area is 113 Å². The number of nitro groups is 1. The van der Waals surface area contributed by atoms with Crippen LogP contribution in [0.3, 0.4) is 0 Å². The molecule has 2 N–H and O–H groups in total. The summed E-state index contributed by atoms with van der Waals surface area (Å²) in [6.45, 7) is 1.99. The van der Waals surface area contributed by atoms with Gasteiger partial charge in [0.1, 0.15) is 5.82 Å². The molecule has 1 atom stereocenters. The summed E-state index contributed by atoms with van der Waals surface area (Å²) < 4.78 is 13.6. The summed E-state index contributed by atoms with van der Waals surface area (Å²) in [5.74, 6) is -0.435. The molecule has 0 bridgehead atoms. The molecule has 1 unspecified atom stereocenters. The van der Waals surface area contributed by atoms with E-state index in [1.807, 2.05) is 6.92 Å². The van der Waals surface area contributed by atoms with E-state index in [9.17, 15) is 14.5 Å². The Kier molecular flexibility index (Phi) is 5.26. The number of hydrogen-bond donors (Lipinski definition) is 1. The molecule has 0 saturated heterocycles. The molecule has 1 aromatic carbocycles. The monoisotopic (exact) mass is 352 g/mol. The van der Waals surface area contributed by atoms with Crippen LogP contribution in [-0.4, -0.2) is 11.0 Å². The topological polar surface area (TPSA) is 69.2 Å². The third-order valence-electron chi connectivity index (χ3n) is 2.46. The van der Waals surface area contributed by atoms with E-state index in [1.165, 1.54) is 12.1 Å². The Morgan fingerprint density at radius 1 is 1.59 bits per heavy atom. The lowest BCUT2D eigenvalue weighted by atomic mass is 10.0. The van der Waals surface area contributed by atoms with Crippen molar-refractivity contribution in [3.8, 4) is 0 Å². The molecule has 17 heavy (non-hydrogen) atoms. The van der Waals surface area contributed by atoms with E-state index in [0.29, 0.717) is 12.0 Å². The molecule has 4 nitrogen and oxygen atoms in total. The fourth-order valence-electron chi connectivity index (χ4n) is 1.67. The van der Waals surface area contributed by atoms with Gasteiger partial charge in [-0.2, -0.15) is 0 Å². The smallest absolute Gasteiger partial charge is 0.273 e. The van der Waals surface area contributed by atoms with Crippen LogP contribution in [0.25, 0.3) is 0 Å². The van der Waals surface area contributed by atoms with Crippen LogP contribution in [-0.2, 0) is 6.42 Å². The highest BCUT2D eigenvalue weighted by molar-refractivity contribution is 14.1. The number of hydrogen-bond acceptors (Lipinski definition) is 3. The second-order valence-corrected chi connectivity index (χ2v) is 5.07. The molecule has 0 fully saturated rings. The van der Waals surface area contributed by atoms with Gasteiger partial charge in [-0.3, -0.25) is 10.1 Å². The lowest BCUT2D eigenvalue weighted by Gasteiger charge is -2.11. The summed E-state index contributed by atoms with van der Waals surface area (Å²) in [5.41, 5.74) is 6.14. The molecule has 94 valence electrons. The van der Waals surface area contributed by atoms with Gasteiger partial charge in [-0.25, -0.2) is 4.39 Å². The first-order chi connectivity index (χ1) is 7.95. The zero-order valence-corrected chi connectivity index (χ0v) is 11.6. The van der Waals surface area contributed by atoms with Gasteiger partial charge in [-0.15, -0.1) is 0 Å². The van der Waals surface area contributed by atoms with E-state index in [0.717, 1.165) is 12.8 Å². The molecule has 1 aromatic rings. The quantitative estimate of drug-likeness (QED) is 0.503. The largest absolute Gasteiger partial charge is 0.327 e. The third-order valence-corrected chi connectivity index (χ3v) is 3.29. The molecule has 0 saturated carbocycles. The molecule has 0 aliphatic carbocycles. The summed E-state index contributed by atoms with van der Waals surface area (Å²) in [4.78, 5) is 10.4. The summed E-state index contributed by atoms with van der Waals surface area (Å²) in [6.07, 6.45) is 2.00. The highest BCUT2D eigenvalue weighted by Gasteiger charge is 2.19. The fraction of sp³-hybridized carbons (Fsp3) is 0.455. The van der Waals surface area contributed by atoms with E-state index in [-0.39, 0.29) is 15.3 Å². The van der Waals surface area contributed by atoms with Gasteiger partial charge in [0.25, 0.3) is 5.69 Å². The number of benzene rings is 1. The van der Waals surface area contributed by atoms with Crippen molar-refractivity contribution in [2.24, 2.45) is 5.73 Å². The Balaban J connectivity index is 3.04. The third kappa shape index (κ3) is 3.88. The molecule has 1 rings (SSSR count). The highest BCUT2D eigenvalue weighted by Crippen LogP contribution is 2.25. The Morgan fingerprint density at radius 2 is 2.24 bits per heavy atom. The van der Waals surface area contributed by atoms with Crippen LogP contribution in [0.1, 0.15) is 25.3 Å². The van der Waals surface area contributed by atoms with Gasteiger partial charge in [0.2, 0.25) is 0 Å². The van der Waals surface area contributed by atoms with Gasteiger partial charge < -0.3 is 5.73 Å². The summed E-state index contributed by atoms with van der Waals surface area (Å²) in [5, 5.41) is 10.9. The Hall–Kier alpha value is -0.760. The number of nitro benzene ring substituents is 1. The lowest BCUT2D eigenvalue weighted by molar-refractivity contribution is -0.385. The maximum atomic E-state index is 13.4. The molecule has 0 aliphatic rings. The second-order valence-electron chi connectivity index (χ2n) is 3.91. The van der Waals surface area contributed by atoms with E-state index >= 15 is 0 Å². The van der Waals surface area contributed by atoms with Crippen molar-refractivity contribution >= 4 is 28.3 Å². The van der Waals surface area contributed by atoms with Crippen LogP contribution in [0.5, 0.6) is 0 Å². The lowest BCUT2D eigenvalue weighted by Crippen LogP contribution is -2.23. The summed E-state index contributed by atoms with van der Waals surface area (Å²) >= 11 is 1.74. The van der Waals surface area contributed by atoms with Gasteiger partial charge in [0, 0.05) is 17.7 Å². The van der Waals surface area contributed by atoms with Gasteiger partial charge in [-0.1, -0.05) is 13.3 Å². The Bertz CT molecular complexity index is 426. The maximum Gasteiger partial charge on any atom is 0.273 e. The van der Waals surface area contributed by atoms with Crippen LogP contribution >= 0.6 is 22.6 Å². The van der Waals surface area contributed by atoms with Crippen LogP contribution in [0.15, 0.2) is 12.1 Å². The number of nitrogens with two attached hydrogens (primary N) is 1. The summed E-state index contributed by atoms with van der Waals surface area (Å²) in [7, 11) is 0. The van der Waals surface area contributed by atoms with E-state index in [2.05, 4.69) is 0 Å². The molecule has 0 radical (unpaired) electrons. The minimum Gasteiger partial charge on any atom is -0.327 e. The van der Waals surface area contributed by atoms with Crippen LogP contribution in [0, 0.1) is 19.5 Å². The van der Waals surface area contributed by atoms with E-state index < -0.39 is 10.7 Å². The normalized spacial score (nSPS) is 12.5. The van der Waals surface area contributed by atoms with Crippen LogP contribution < -0.4 is 5.73 Å². The summed E-state index contributed by atoms with van der Waals surface area (Å²) in [6, 6.07) is 2.30. The zero-order chi connectivity index (χ0) is 13.0. The predicted molar refractivity (Wildman–Crippen MR) is 72.4 cm³/mol. The van der Waals surface area contributed by atoms with Crippen LogP contribution in [0.4, 0.5) is 10.1 Å². The standard InChI is InChI=1S/C11H14FIN2O2/c1-2-3-8(14)4-7-5-9(12)10(13)6-11(7)15(16)17/h5-6,8H,2-4,14H2,1H3. The van der Waals surface area contributed by atoms with Crippen LogP contribution in [0.2, 0.25) is 0 Å². The molecule has 0 aromatic heterocycles. The highest BCUT2D eigenvalue weighted by atomic mass is 127. The number of halogens is 2. The SMILES string of the molecule is CCCC(N)Cc1cc(F)c(I)cc1[N+](=O)[O-]. The second kappa shape index (κ2) is 6.25. The molecule has 0 aliphatic heterocycles. The Morgan fingerprint density at radius 3 is 2.76 bits per heavy atom. The molecule has 0 heterocycles. The van der Waals surface area contributed by atoms with Crippen molar-refractivity contribution in [1.82, 2.24) is 0 Å². The number of nitrogens with zero attached hydrogens (tertiary/aromatic N) is 1. The molecule has 6 heteroatoms. The van der Waals surface area contributed by atoms with Gasteiger partial charge in [0.05, 0.1) is 8.49 Å². The predicted octanol–water partition coefficient (Wildman–Crippen LogP) is 3.01. The van der Waals surface area contributed by atoms with Crippen molar-refractivity contribution in [2.75, 3.05) is 0 Å². The minimum absolute atomic E-state index is 0.0534. The average molecular weight is 352 g/mol. The number of rotatable bonds is 5. The molecular formula is C11H14FIN2O2. The molecular weight excluding hydrogens is 338 g/mol. The fourth-order valence-corrected chi connectivity index (χ4v) is 2.12. The molecule has 0 amide bonds. The van der Waals surface area contributed by atoms with Crippen molar-refractivity contribution < 1.29 is 9.31 Å². The van der Waals surface area contributed by atoms with Crippen molar-refractivity contribution in [3.63, 3.8) is 0 Å². The first-order valence-corrected chi connectivity index (χ1v) is 6.41. The van der Waals surface area contributed by atoms with Crippen molar-refractivity contribution in [3.05, 3.63) is 37.2 Å².